The average molecular weight is 609 g/mol. The molecule has 5 heteroatoms. The number of hydrogen-bond donors (Lipinski definition) is 1. The zero-order chi connectivity index (χ0) is 30.7. The Hall–Kier alpha value is -2.81. The van der Waals surface area contributed by atoms with Crippen molar-refractivity contribution >= 4 is 37.4 Å². The molecule has 4 aromatic carbocycles. The second kappa shape index (κ2) is 12.7. The third-order valence-electron chi connectivity index (χ3n) is 9.48. The van der Waals surface area contributed by atoms with E-state index in [1.807, 2.05) is 0 Å². The van der Waals surface area contributed by atoms with Gasteiger partial charge in [0.15, 0.2) is 0 Å². The molecule has 0 aromatic heterocycles. The summed E-state index contributed by atoms with van der Waals surface area (Å²) in [5.74, 6) is 0.259. The molecule has 4 aromatic rings. The highest BCUT2D eigenvalue weighted by Gasteiger charge is 2.54. The predicted molar refractivity (Wildman–Crippen MR) is 185 cm³/mol. The van der Waals surface area contributed by atoms with Crippen molar-refractivity contribution in [3.63, 3.8) is 0 Å². The molecule has 1 saturated carbocycles. The third-order valence-corrected chi connectivity index (χ3v) is 19.5. The molecule has 0 amide bonds. The molecule has 1 aliphatic rings. The van der Waals surface area contributed by atoms with Crippen LogP contribution in [0.15, 0.2) is 121 Å². The van der Waals surface area contributed by atoms with Crippen molar-refractivity contribution in [1.29, 1.82) is 0 Å². The molecule has 0 bridgehead atoms. The van der Waals surface area contributed by atoms with Gasteiger partial charge in [0.1, 0.15) is 0 Å². The summed E-state index contributed by atoms with van der Waals surface area (Å²) in [4.78, 5) is 0. The molecular weight excluding hydrogens is 561 g/mol. The van der Waals surface area contributed by atoms with Gasteiger partial charge in [0.25, 0.3) is 16.6 Å². The fourth-order valence-electron chi connectivity index (χ4n) is 7.19. The lowest BCUT2D eigenvalue weighted by Crippen LogP contribution is -2.68. The van der Waals surface area contributed by atoms with Gasteiger partial charge in [-0.1, -0.05) is 163 Å². The van der Waals surface area contributed by atoms with E-state index in [1.54, 1.807) is 0 Å². The van der Waals surface area contributed by atoms with Gasteiger partial charge in [-0.2, -0.15) is 0 Å². The monoisotopic (exact) mass is 608 g/mol. The Morgan fingerprint density at radius 2 is 0.837 bits per heavy atom. The Balaban J connectivity index is 1.45. The van der Waals surface area contributed by atoms with E-state index in [1.165, 1.54) is 20.7 Å². The van der Waals surface area contributed by atoms with E-state index in [0.717, 1.165) is 6.42 Å². The van der Waals surface area contributed by atoms with Crippen molar-refractivity contribution in [3.8, 4) is 0 Å². The molecule has 1 unspecified atom stereocenters. The summed E-state index contributed by atoms with van der Waals surface area (Å²) < 4.78 is 14.6. The Morgan fingerprint density at radius 1 is 0.535 bits per heavy atom. The van der Waals surface area contributed by atoms with E-state index in [-0.39, 0.29) is 28.0 Å². The van der Waals surface area contributed by atoms with Crippen molar-refractivity contribution in [2.45, 2.75) is 64.1 Å². The Morgan fingerprint density at radius 3 is 1.12 bits per heavy atom. The minimum absolute atomic E-state index is 0.0277. The molecule has 3 atom stereocenters. The van der Waals surface area contributed by atoms with Gasteiger partial charge in [-0.05, 0) is 43.2 Å². The normalized spacial score (nSPS) is 19.6. The van der Waals surface area contributed by atoms with Crippen LogP contribution in [0.4, 0.5) is 0 Å². The molecule has 0 aliphatic heterocycles. The van der Waals surface area contributed by atoms with E-state index in [4.69, 9.17) is 8.85 Å². The fourth-order valence-corrected chi connectivity index (χ4v) is 16.4. The number of aliphatic hydroxyl groups is 1. The number of aliphatic hydroxyl groups excluding tert-OH is 1. The number of hydrogen-bond acceptors (Lipinski definition) is 3. The first-order valence-electron chi connectivity index (χ1n) is 15.7. The standard InChI is InChI=1S/C38H48O3Si2/c1-37(2,3)42(31-19-11-7-12-20-31,32-21-13-8-14-22-32)40-28-30-27-36(39)35(30)29-41-43(38(4,5)6,33-23-15-9-16-24-33)34-25-17-10-18-26-34/h7-26,30,35-36,39H,27-29H2,1-6H3/t30-,35?,36+/m1/s1. The molecular formula is C38H48O3Si2. The molecule has 1 aliphatic carbocycles. The van der Waals surface area contributed by atoms with Crippen LogP contribution >= 0.6 is 0 Å². The van der Waals surface area contributed by atoms with Crippen molar-refractivity contribution < 1.29 is 14.0 Å². The third kappa shape index (κ3) is 5.98. The molecule has 0 saturated heterocycles. The van der Waals surface area contributed by atoms with Crippen LogP contribution < -0.4 is 20.7 Å². The summed E-state index contributed by atoms with van der Waals surface area (Å²) in [6, 6.07) is 43.2. The van der Waals surface area contributed by atoms with Crippen LogP contribution in [0.2, 0.25) is 10.1 Å². The predicted octanol–water partition coefficient (Wildman–Crippen LogP) is 6.14. The first kappa shape index (κ1) is 31.6. The molecule has 0 heterocycles. The van der Waals surface area contributed by atoms with Crippen LogP contribution in [0, 0.1) is 11.8 Å². The topological polar surface area (TPSA) is 38.7 Å². The fraction of sp³-hybridized carbons (Fsp3) is 0.368. The van der Waals surface area contributed by atoms with Crippen LogP contribution in [-0.2, 0) is 8.85 Å². The average Bonchev–Trinajstić information content (AvgIpc) is 2.99. The van der Waals surface area contributed by atoms with Gasteiger partial charge in [0.2, 0.25) is 0 Å². The quantitative estimate of drug-likeness (QED) is 0.220. The maximum Gasteiger partial charge on any atom is 0.261 e. The highest BCUT2D eigenvalue weighted by atomic mass is 28.4. The minimum atomic E-state index is -2.69. The molecule has 1 fully saturated rings. The van der Waals surface area contributed by atoms with Crippen LogP contribution in [0.5, 0.6) is 0 Å². The van der Waals surface area contributed by atoms with Crippen molar-refractivity contribution in [3.05, 3.63) is 121 Å². The molecule has 3 nitrogen and oxygen atoms in total. The largest absolute Gasteiger partial charge is 0.407 e. The van der Waals surface area contributed by atoms with Crippen LogP contribution in [0.3, 0.4) is 0 Å². The molecule has 43 heavy (non-hydrogen) atoms. The highest BCUT2D eigenvalue weighted by Crippen LogP contribution is 2.42. The van der Waals surface area contributed by atoms with E-state index in [2.05, 4.69) is 163 Å². The molecule has 0 spiro atoms. The SMILES string of the molecule is CC(C)(C)[Si](OCC1[C@@H](CO[Si](c2ccccc2)(c2ccccc2)C(C)(C)C)C[C@@H]1O)(c1ccccc1)c1ccccc1. The van der Waals surface area contributed by atoms with E-state index >= 15 is 0 Å². The first-order valence-corrected chi connectivity index (χ1v) is 19.5. The van der Waals surface area contributed by atoms with E-state index in [9.17, 15) is 5.11 Å². The summed E-state index contributed by atoms with van der Waals surface area (Å²) in [6.07, 6.45) is 0.360. The van der Waals surface area contributed by atoms with Gasteiger partial charge in [-0.25, -0.2) is 0 Å². The summed E-state index contributed by atoms with van der Waals surface area (Å²) in [6.45, 7) is 15.0. The van der Waals surface area contributed by atoms with E-state index < -0.39 is 16.6 Å². The Kier molecular flexibility index (Phi) is 9.31. The molecule has 5 rings (SSSR count). The van der Waals surface area contributed by atoms with Crippen molar-refractivity contribution in [2.24, 2.45) is 11.8 Å². The highest BCUT2D eigenvalue weighted by molar-refractivity contribution is 7.00. The second-order valence-corrected chi connectivity index (χ2v) is 22.8. The summed E-state index contributed by atoms with van der Waals surface area (Å²) in [5, 5.41) is 16.0. The molecule has 1 N–H and O–H groups in total. The zero-order valence-electron chi connectivity index (χ0n) is 26.7. The van der Waals surface area contributed by atoms with Crippen LogP contribution in [0.25, 0.3) is 0 Å². The Labute approximate surface area is 261 Å². The lowest BCUT2D eigenvalue weighted by atomic mass is 9.72. The van der Waals surface area contributed by atoms with Gasteiger partial charge in [-0.3, -0.25) is 0 Å². The van der Waals surface area contributed by atoms with Gasteiger partial charge in [0.05, 0.1) is 6.10 Å². The first-order chi connectivity index (χ1) is 20.5. The van der Waals surface area contributed by atoms with E-state index in [0.29, 0.717) is 13.2 Å². The number of benzene rings is 4. The van der Waals surface area contributed by atoms with Crippen LogP contribution in [0.1, 0.15) is 48.0 Å². The smallest absolute Gasteiger partial charge is 0.261 e. The maximum absolute atomic E-state index is 11.1. The second-order valence-electron chi connectivity index (χ2n) is 14.2. The van der Waals surface area contributed by atoms with Gasteiger partial charge in [-0.15, -0.1) is 0 Å². The van der Waals surface area contributed by atoms with Gasteiger partial charge < -0.3 is 14.0 Å². The summed E-state index contributed by atoms with van der Waals surface area (Å²) in [5.41, 5.74) is 0. The Bertz CT molecular complexity index is 1350. The summed E-state index contributed by atoms with van der Waals surface area (Å²) >= 11 is 0. The van der Waals surface area contributed by atoms with Gasteiger partial charge in [0, 0.05) is 19.1 Å². The van der Waals surface area contributed by atoms with Crippen molar-refractivity contribution in [1.82, 2.24) is 0 Å². The lowest BCUT2D eigenvalue weighted by molar-refractivity contribution is -0.0723. The molecule has 0 radical (unpaired) electrons. The minimum Gasteiger partial charge on any atom is -0.407 e. The number of rotatable bonds is 10. The summed E-state index contributed by atoms with van der Waals surface area (Å²) in [7, 11) is -5.35. The van der Waals surface area contributed by atoms with Gasteiger partial charge >= 0.3 is 0 Å². The van der Waals surface area contributed by atoms with Crippen LogP contribution in [-0.4, -0.2) is 41.1 Å². The zero-order valence-corrected chi connectivity index (χ0v) is 28.7. The molecule has 226 valence electrons. The maximum atomic E-state index is 11.1. The lowest BCUT2D eigenvalue weighted by Gasteiger charge is -2.49. The van der Waals surface area contributed by atoms with Crippen molar-refractivity contribution in [2.75, 3.05) is 13.2 Å².